The average molecular weight is 363 g/mol. The average Bonchev–Trinajstić information content (AvgIpc) is 3.15. The summed E-state index contributed by atoms with van der Waals surface area (Å²) in [5.41, 5.74) is 1.26. The van der Waals surface area contributed by atoms with Crippen LogP contribution < -0.4 is 14.2 Å². The van der Waals surface area contributed by atoms with E-state index in [9.17, 15) is 4.79 Å². The van der Waals surface area contributed by atoms with Crippen LogP contribution in [-0.4, -0.2) is 37.7 Å². The molecule has 3 aromatic carbocycles. The number of fused-ring (bicyclic) bond motifs is 4. The van der Waals surface area contributed by atoms with Gasteiger partial charge in [0, 0.05) is 32.5 Å². The van der Waals surface area contributed by atoms with Crippen molar-refractivity contribution in [2.24, 2.45) is 0 Å². The molecule has 0 radical (unpaired) electrons. The number of Topliss-reactive ketones (excluding diaryl/α,β-unsaturated/α-hetero) is 1. The third kappa shape index (κ3) is 2.88. The second-order valence-corrected chi connectivity index (χ2v) is 7.19. The number of ketones is 1. The maximum atomic E-state index is 11.6. The SMILES string of the molecule is COc1ccc2c(CN3CCC(=O)CC3)cc3cc4c(cc3c2c1)OCO4. The first kappa shape index (κ1) is 16.4. The van der Waals surface area contributed by atoms with Crippen LogP contribution >= 0.6 is 0 Å². The van der Waals surface area contributed by atoms with Crippen LogP contribution in [0.15, 0.2) is 36.4 Å². The van der Waals surface area contributed by atoms with Crippen molar-refractivity contribution in [2.45, 2.75) is 19.4 Å². The number of rotatable bonds is 3. The lowest BCUT2D eigenvalue weighted by Crippen LogP contribution is -2.33. The van der Waals surface area contributed by atoms with Crippen LogP contribution in [0.3, 0.4) is 0 Å². The van der Waals surface area contributed by atoms with Gasteiger partial charge in [-0.05, 0) is 57.4 Å². The predicted octanol–water partition coefficient (Wildman–Crippen LogP) is 3.90. The largest absolute Gasteiger partial charge is 0.497 e. The lowest BCUT2D eigenvalue weighted by Gasteiger charge is -2.26. The summed E-state index contributed by atoms with van der Waals surface area (Å²) in [6.07, 6.45) is 1.30. The van der Waals surface area contributed by atoms with Gasteiger partial charge in [-0.1, -0.05) is 6.07 Å². The normalized spacial score (nSPS) is 17.0. The Morgan fingerprint density at radius 3 is 2.52 bits per heavy atom. The van der Waals surface area contributed by atoms with Crippen molar-refractivity contribution in [3.05, 3.63) is 42.0 Å². The Labute approximate surface area is 157 Å². The van der Waals surface area contributed by atoms with Gasteiger partial charge in [0.2, 0.25) is 6.79 Å². The van der Waals surface area contributed by atoms with Crippen LogP contribution in [0.4, 0.5) is 0 Å². The fraction of sp³-hybridized carbons (Fsp3) is 0.318. The second-order valence-electron chi connectivity index (χ2n) is 7.19. The van der Waals surface area contributed by atoms with E-state index < -0.39 is 0 Å². The molecule has 1 saturated heterocycles. The van der Waals surface area contributed by atoms with E-state index in [2.05, 4.69) is 35.2 Å². The zero-order valence-electron chi connectivity index (χ0n) is 15.3. The molecule has 0 unspecified atom stereocenters. The highest BCUT2D eigenvalue weighted by molar-refractivity contribution is 6.10. The van der Waals surface area contributed by atoms with E-state index in [1.807, 2.05) is 6.07 Å². The predicted molar refractivity (Wildman–Crippen MR) is 104 cm³/mol. The molecule has 3 aromatic rings. The minimum atomic E-state index is 0.265. The highest BCUT2D eigenvalue weighted by Gasteiger charge is 2.20. The van der Waals surface area contributed by atoms with Gasteiger partial charge in [-0.25, -0.2) is 0 Å². The number of carbonyl (C=O) groups excluding carboxylic acids is 1. The number of benzene rings is 3. The standard InChI is InChI=1S/C22H21NO4/c1-25-17-2-3-18-15(12-23-6-4-16(24)5-7-23)8-14-9-21-22(27-13-26-21)11-19(14)20(18)10-17/h2-3,8-11H,4-7,12-13H2,1H3. The van der Waals surface area contributed by atoms with E-state index in [4.69, 9.17) is 14.2 Å². The number of nitrogens with zero attached hydrogens (tertiary/aromatic N) is 1. The van der Waals surface area contributed by atoms with Crippen molar-refractivity contribution in [3.8, 4) is 17.2 Å². The number of piperidine rings is 1. The van der Waals surface area contributed by atoms with Gasteiger partial charge in [-0.3, -0.25) is 9.69 Å². The van der Waals surface area contributed by atoms with E-state index in [1.54, 1.807) is 7.11 Å². The highest BCUT2D eigenvalue weighted by atomic mass is 16.7. The van der Waals surface area contributed by atoms with Crippen molar-refractivity contribution in [2.75, 3.05) is 27.0 Å². The molecule has 0 atom stereocenters. The zero-order valence-corrected chi connectivity index (χ0v) is 15.3. The van der Waals surface area contributed by atoms with E-state index in [1.165, 1.54) is 10.9 Å². The quantitative estimate of drug-likeness (QED) is 0.661. The smallest absolute Gasteiger partial charge is 0.231 e. The van der Waals surface area contributed by atoms with Crippen molar-refractivity contribution in [3.63, 3.8) is 0 Å². The Morgan fingerprint density at radius 2 is 1.74 bits per heavy atom. The summed E-state index contributed by atoms with van der Waals surface area (Å²) >= 11 is 0. The Kier molecular flexibility index (Phi) is 3.90. The van der Waals surface area contributed by atoms with Gasteiger partial charge >= 0.3 is 0 Å². The molecule has 0 spiro atoms. The number of ether oxygens (including phenoxy) is 3. The molecule has 27 heavy (non-hydrogen) atoms. The summed E-state index contributed by atoms with van der Waals surface area (Å²) in [5.74, 6) is 2.78. The first-order chi connectivity index (χ1) is 13.2. The van der Waals surface area contributed by atoms with Gasteiger partial charge < -0.3 is 14.2 Å². The Bertz CT molecular complexity index is 1050. The van der Waals surface area contributed by atoms with Gasteiger partial charge in [0.15, 0.2) is 11.5 Å². The molecule has 0 saturated carbocycles. The molecule has 0 aliphatic carbocycles. The molecule has 0 N–H and O–H groups in total. The molecule has 0 aromatic heterocycles. The number of hydrogen-bond donors (Lipinski definition) is 0. The summed E-state index contributed by atoms with van der Waals surface area (Å²) in [4.78, 5) is 13.9. The van der Waals surface area contributed by atoms with E-state index in [0.717, 1.165) is 53.0 Å². The molecule has 5 nitrogen and oxygen atoms in total. The van der Waals surface area contributed by atoms with Crippen LogP contribution in [0.5, 0.6) is 17.2 Å². The molecule has 2 aliphatic heterocycles. The summed E-state index contributed by atoms with van der Waals surface area (Å²) in [6, 6.07) is 12.6. The first-order valence-corrected chi connectivity index (χ1v) is 9.28. The van der Waals surface area contributed by atoms with E-state index in [0.29, 0.717) is 18.6 Å². The molecule has 5 rings (SSSR count). The number of carbonyl (C=O) groups is 1. The maximum absolute atomic E-state index is 11.6. The summed E-state index contributed by atoms with van der Waals surface area (Å²) in [5, 5.41) is 4.61. The van der Waals surface area contributed by atoms with Crippen molar-refractivity contribution >= 4 is 27.3 Å². The van der Waals surface area contributed by atoms with Gasteiger partial charge in [-0.15, -0.1) is 0 Å². The Balaban J connectivity index is 1.67. The summed E-state index contributed by atoms with van der Waals surface area (Å²) in [7, 11) is 1.69. The van der Waals surface area contributed by atoms with Crippen LogP contribution in [0.2, 0.25) is 0 Å². The monoisotopic (exact) mass is 363 g/mol. The maximum Gasteiger partial charge on any atom is 0.231 e. The number of likely N-dealkylation sites (tertiary alicyclic amines) is 1. The Morgan fingerprint density at radius 1 is 0.963 bits per heavy atom. The molecule has 138 valence electrons. The molecule has 1 fully saturated rings. The second kappa shape index (κ2) is 6.43. The summed E-state index contributed by atoms with van der Waals surface area (Å²) < 4.78 is 16.6. The van der Waals surface area contributed by atoms with Crippen LogP contribution in [0.25, 0.3) is 21.5 Å². The third-order valence-corrected chi connectivity index (χ3v) is 5.55. The van der Waals surface area contributed by atoms with Gasteiger partial charge in [0.05, 0.1) is 7.11 Å². The van der Waals surface area contributed by atoms with Crippen LogP contribution in [0.1, 0.15) is 18.4 Å². The van der Waals surface area contributed by atoms with Gasteiger partial charge in [-0.2, -0.15) is 0 Å². The van der Waals surface area contributed by atoms with Crippen molar-refractivity contribution in [1.29, 1.82) is 0 Å². The topological polar surface area (TPSA) is 48.0 Å². The molecule has 2 aliphatic rings. The Hall–Kier alpha value is -2.79. The lowest BCUT2D eigenvalue weighted by molar-refractivity contribution is -0.121. The molecular formula is C22H21NO4. The minimum Gasteiger partial charge on any atom is -0.497 e. The van der Waals surface area contributed by atoms with Crippen molar-refractivity contribution < 1.29 is 19.0 Å². The van der Waals surface area contributed by atoms with Crippen molar-refractivity contribution in [1.82, 2.24) is 4.90 Å². The molecule has 2 heterocycles. The van der Waals surface area contributed by atoms with E-state index in [-0.39, 0.29) is 6.79 Å². The molecule has 0 bridgehead atoms. The fourth-order valence-electron chi connectivity index (χ4n) is 4.06. The van der Waals surface area contributed by atoms with Gasteiger partial charge in [0.25, 0.3) is 0 Å². The minimum absolute atomic E-state index is 0.265. The third-order valence-electron chi connectivity index (χ3n) is 5.55. The first-order valence-electron chi connectivity index (χ1n) is 9.28. The van der Waals surface area contributed by atoms with E-state index >= 15 is 0 Å². The fourth-order valence-corrected chi connectivity index (χ4v) is 4.06. The molecule has 0 amide bonds. The zero-order chi connectivity index (χ0) is 18.4. The molecule has 5 heteroatoms. The molecular weight excluding hydrogens is 342 g/mol. The van der Waals surface area contributed by atoms with Gasteiger partial charge in [0.1, 0.15) is 11.5 Å². The number of hydrogen-bond acceptors (Lipinski definition) is 5. The van der Waals surface area contributed by atoms with Crippen LogP contribution in [-0.2, 0) is 11.3 Å². The summed E-state index contributed by atoms with van der Waals surface area (Å²) in [6.45, 7) is 2.76. The lowest BCUT2D eigenvalue weighted by atomic mass is 9.95. The number of methoxy groups -OCH3 is 1. The van der Waals surface area contributed by atoms with Crippen LogP contribution in [0, 0.1) is 0 Å². The highest BCUT2D eigenvalue weighted by Crippen LogP contribution is 2.40.